The quantitative estimate of drug-likeness (QED) is 0.734. The van der Waals surface area contributed by atoms with E-state index in [1.807, 2.05) is 0 Å². The molecule has 0 radical (unpaired) electrons. The van der Waals surface area contributed by atoms with E-state index in [-0.39, 0.29) is 18.2 Å². The van der Waals surface area contributed by atoms with E-state index in [1.54, 1.807) is 13.8 Å². The van der Waals surface area contributed by atoms with E-state index in [0.29, 0.717) is 12.8 Å². The second-order valence-corrected chi connectivity index (χ2v) is 5.19. The molecule has 1 heterocycles. The van der Waals surface area contributed by atoms with Crippen LogP contribution in [-0.2, 0) is 9.59 Å². The summed E-state index contributed by atoms with van der Waals surface area (Å²) < 4.78 is 24.9. The molecule has 0 aromatic carbocycles. The Hall–Kier alpha value is -0.710. The summed E-state index contributed by atoms with van der Waals surface area (Å²) in [6.07, 6.45) is -1.74. The van der Waals surface area contributed by atoms with Crippen LogP contribution in [0, 0.1) is 5.41 Å². The van der Waals surface area contributed by atoms with E-state index in [1.165, 1.54) is 0 Å². The molecule has 1 unspecified atom stereocenters. The molecule has 1 atom stereocenters. The Labute approximate surface area is 104 Å². The minimum Gasteiger partial charge on any atom is -0.327 e. The summed E-state index contributed by atoms with van der Waals surface area (Å²) in [4.78, 5) is 24.1. The highest BCUT2D eigenvalue weighted by atomic mass is 35.5. The fourth-order valence-corrected chi connectivity index (χ4v) is 2.58. The fraction of sp³-hybridized carbons (Fsp3) is 0.818. The number of rotatable bonds is 3. The lowest BCUT2D eigenvalue weighted by atomic mass is 9.74. The van der Waals surface area contributed by atoms with Gasteiger partial charge in [0.15, 0.2) is 5.78 Å². The first kappa shape index (κ1) is 14.4. The van der Waals surface area contributed by atoms with Gasteiger partial charge < -0.3 is 4.90 Å². The van der Waals surface area contributed by atoms with Gasteiger partial charge in [-0.2, -0.15) is 8.78 Å². The zero-order chi connectivity index (χ0) is 13.2. The first-order valence-electron chi connectivity index (χ1n) is 5.48. The Balaban J connectivity index is 3.01. The summed E-state index contributed by atoms with van der Waals surface area (Å²) in [5, 5.41) is 0. The van der Waals surface area contributed by atoms with Crippen molar-refractivity contribution in [3.05, 3.63) is 0 Å². The highest BCUT2D eigenvalue weighted by Crippen LogP contribution is 2.36. The number of Topliss-reactive ketones (excluding diaryl/α,β-unsaturated/α-hetero) is 1. The molecule has 0 aromatic rings. The summed E-state index contributed by atoms with van der Waals surface area (Å²) in [6.45, 7) is 3.79. The first-order valence-corrected chi connectivity index (χ1v) is 6.02. The molecule has 1 aliphatic heterocycles. The maximum absolute atomic E-state index is 12.5. The molecule has 0 aliphatic carbocycles. The van der Waals surface area contributed by atoms with Crippen LogP contribution in [0.2, 0.25) is 0 Å². The molecule has 98 valence electrons. The third kappa shape index (κ3) is 2.94. The Morgan fingerprint density at radius 1 is 1.47 bits per heavy atom. The number of hydrogen-bond acceptors (Lipinski definition) is 2. The summed E-state index contributed by atoms with van der Waals surface area (Å²) in [5.41, 5.74) is -0.505. The lowest BCUT2D eigenvalue weighted by molar-refractivity contribution is -0.155. The Morgan fingerprint density at radius 3 is 2.53 bits per heavy atom. The van der Waals surface area contributed by atoms with Gasteiger partial charge in [0.2, 0.25) is 0 Å². The van der Waals surface area contributed by atoms with Crippen molar-refractivity contribution in [1.29, 1.82) is 0 Å². The average molecular weight is 268 g/mol. The summed E-state index contributed by atoms with van der Waals surface area (Å²) in [5.74, 6) is -1.91. The number of alkyl halides is 3. The van der Waals surface area contributed by atoms with Crippen molar-refractivity contribution in [2.45, 2.75) is 39.2 Å². The number of carbonyl (C=O) groups is 2. The molecule has 1 fully saturated rings. The van der Waals surface area contributed by atoms with Gasteiger partial charge in [0, 0.05) is 6.54 Å². The zero-order valence-corrected chi connectivity index (χ0v) is 10.6. The van der Waals surface area contributed by atoms with E-state index in [4.69, 9.17) is 11.6 Å². The minimum absolute atomic E-state index is 0.194. The second kappa shape index (κ2) is 5.29. The summed E-state index contributed by atoms with van der Waals surface area (Å²) in [6, 6.07) is -0.838. The molecule has 0 N–H and O–H groups in total. The molecule has 1 saturated heterocycles. The third-order valence-corrected chi connectivity index (χ3v) is 3.44. The molecule has 0 bridgehead atoms. The van der Waals surface area contributed by atoms with Crippen LogP contribution in [0.3, 0.4) is 0 Å². The van der Waals surface area contributed by atoms with Gasteiger partial charge in [-0.05, 0) is 18.3 Å². The topological polar surface area (TPSA) is 37.4 Å². The molecule has 0 aromatic heterocycles. The third-order valence-electron chi connectivity index (χ3n) is 3.18. The molecule has 17 heavy (non-hydrogen) atoms. The van der Waals surface area contributed by atoms with Gasteiger partial charge in [-0.1, -0.05) is 13.8 Å². The minimum atomic E-state index is -3.07. The number of nitrogens with zero attached hydrogens (tertiary/aromatic N) is 1. The predicted octanol–water partition coefficient (Wildman–Crippen LogP) is 2.08. The van der Waals surface area contributed by atoms with Crippen LogP contribution < -0.4 is 0 Å². The van der Waals surface area contributed by atoms with E-state index < -0.39 is 23.8 Å². The lowest BCUT2D eigenvalue weighted by Crippen LogP contribution is -2.58. The highest BCUT2D eigenvalue weighted by molar-refractivity contribution is 6.28. The molecule has 0 spiro atoms. The fourth-order valence-electron chi connectivity index (χ4n) is 2.44. The standard InChI is InChI=1S/C11H16ClF2NO2/c1-11(2)4-3-5-15(10(17)9(13)14)8(11)7(16)6-12/h8-9H,3-6H2,1-2H3. The van der Waals surface area contributed by atoms with Gasteiger partial charge in [0.1, 0.15) is 0 Å². The first-order chi connectivity index (χ1) is 7.81. The van der Waals surface area contributed by atoms with E-state index in [2.05, 4.69) is 0 Å². The predicted molar refractivity (Wildman–Crippen MR) is 60.2 cm³/mol. The molecule has 0 saturated carbocycles. The van der Waals surface area contributed by atoms with Crippen LogP contribution in [-0.4, -0.2) is 41.5 Å². The van der Waals surface area contributed by atoms with Crippen LogP contribution in [0.5, 0.6) is 0 Å². The van der Waals surface area contributed by atoms with Crippen LogP contribution in [0.1, 0.15) is 26.7 Å². The summed E-state index contributed by atoms with van der Waals surface area (Å²) in [7, 11) is 0. The van der Waals surface area contributed by atoms with Crippen molar-refractivity contribution in [3.8, 4) is 0 Å². The van der Waals surface area contributed by atoms with E-state index in [9.17, 15) is 18.4 Å². The van der Waals surface area contributed by atoms with Gasteiger partial charge in [-0.3, -0.25) is 9.59 Å². The van der Waals surface area contributed by atoms with Gasteiger partial charge in [-0.15, -0.1) is 11.6 Å². The number of amides is 1. The molecule has 6 heteroatoms. The average Bonchev–Trinajstić information content (AvgIpc) is 2.25. The maximum Gasteiger partial charge on any atom is 0.315 e. The normalized spacial score (nSPS) is 23.9. The highest BCUT2D eigenvalue weighted by Gasteiger charge is 2.45. The lowest BCUT2D eigenvalue weighted by Gasteiger charge is -2.45. The van der Waals surface area contributed by atoms with Crippen LogP contribution in [0.4, 0.5) is 8.78 Å². The zero-order valence-electron chi connectivity index (χ0n) is 9.88. The number of piperidine rings is 1. The van der Waals surface area contributed by atoms with E-state index in [0.717, 1.165) is 4.90 Å². The van der Waals surface area contributed by atoms with Crippen molar-refractivity contribution >= 4 is 23.3 Å². The van der Waals surface area contributed by atoms with Crippen molar-refractivity contribution in [2.75, 3.05) is 12.4 Å². The number of hydrogen-bond donors (Lipinski definition) is 0. The molecular weight excluding hydrogens is 252 g/mol. The van der Waals surface area contributed by atoms with Gasteiger partial charge in [-0.25, -0.2) is 0 Å². The van der Waals surface area contributed by atoms with E-state index >= 15 is 0 Å². The SMILES string of the molecule is CC1(C)CCCN(C(=O)C(F)F)C1C(=O)CCl. The molecule has 1 amide bonds. The molecule has 1 rings (SSSR count). The Bertz CT molecular complexity index is 321. The van der Waals surface area contributed by atoms with Crippen LogP contribution in [0.15, 0.2) is 0 Å². The van der Waals surface area contributed by atoms with Gasteiger partial charge in [0.25, 0.3) is 5.91 Å². The maximum atomic E-state index is 12.5. The molecular formula is C11H16ClF2NO2. The molecule has 1 aliphatic rings. The van der Waals surface area contributed by atoms with Gasteiger partial charge >= 0.3 is 6.43 Å². The number of halogens is 3. The number of ketones is 1. The smallest absolute Gasteiger partial charge is 0.315 e. The Morgan fingerprint density at radius 2 is 2.06 bits per heavy atom. The van der Waals surface area contributed by atoms with Crippen LogP contribution in [0.25, 0.3) is 0 Å². The molecule has 3 nitrogen and oxygen atoms in total. The van der Waals surface area contributed by atoms with Gasteiger partial charge in [0.05, 0.1) is 11.9 Å². The van der Waals surface area contributed by atoms with Crippen molar-refractivity contribution < 1.29 is 18.4 Å². The van der Waals surface area contributed by atoms with Crippen LogP contribution >= 0.6 is 11.6 Å². The number of carbonyl (C=O) groups excluding carboxylic acids is 2. The largest absolute Gasteiger partial charge is 0.327 e. The Kier molecular flexibility index (Phi) is 4.47. The van der Waals surface area contributed by atoms with Crippen molar-refractivity contribution in [2.24, 2.45) is 5.41 Å². The van der Waals surface area contributed by atoms with Crippen molar-refractivity contribution in [1.82, 2.24) is 4.90 Å². The number of likely N-dealkylation sites (tertiary alicyclic amines) is 1. The van der Waals surface area contributed by atoms with Crippen molar-refractivity contribution in [3.63, 3.8) is 0 Å². The monoisotopic (exact) mass is 267 g/mol. The second-order valence-electron chi connectivity index (χ2n) is 4.93. The summed E-state index contributed by atoms with van der Waals surface area (Å²) >= 11 is 5.49.